The monoisotopic (exact) mass is 630 g/mol. The minimum atomic E-state index is 0.107. The zero-order valence-electron chi connectivity index (χ0n) is 27.7. The third kappa shape index (κ3) is 4.09. The predicted octanol–water partition coefficient (Wildman–Crippen LogP) is 12.7. The van der Waals surface area contributed by atoms with E-state index in [0.717, 1.165) is 27.6 Å². The molecule has 3 heteroatoms. The number of aromatic nitrogens is 2. The SMILES string of the molecule is CC(C)(C)c1ccc(-c2ccccc2-n2c3ccccc3c3cc(-n4c5ccccc5c5ccc6oc7ccccc7c6c54)ccc32)cc1. The Morgan fingerprint density at radius 3 is 1.88 bits per heavy atom. The first kappa shape index (κ1) is 28.0. The molecule has 0 aliphatic carbocycles. The molecule has 49 heavy (non-hydrogen) atoms. The Morgan fingerprint density at radius 2 is 1.10 bits per heavy atom. The Bertz CT molecular complexity index is 2910. The van der Waals surface area contributed by atoms with Crippen LogP contribution in [0.15, 0.2) is 156 Å². The molecule has 0 unspecified atom stereocenters. The quantitative estimate of drug-likeness (QED) is 0.190. The number of furan rings is 1. The van der Waals surface area contributed by atoms with Gasteiger partial charge in [0.25, 0.3) is 0 Å². The number of benzene rings is 7. The molecular formula is C46H34N2O. The van der Waals surface area contributed by atoms with Crippen LogP contribution < -0.4 is 0 Å². The Morgan fingerprint density at radius 1 is 0.469 bits per heavy atom. The van der Waals surface area contributed by atoms with Crippen molar-refractivity contribution in [2.45, 2.75) is 26.2 Å². The van der Waals surface area contributed by atoms with E-state index in [1.807, 2.05) is 6.07 Å². The largest absolute Gasteiger partial charge is 0.456 e. The Kier molecular flexibility index (Phi) is 5.84. The maximum atomic E-state index is 6.38. The molecule has 0 N–H and O–H groups in total. The van der Waals surface area contributed by atoms with Gasteiger partial charge in [0.1, 0.15) is 11.2 Å². The van der Waals surface area contributed by atoms with E-state index in [-0.39, 0.29) is 5.41 Å². The third-order valence-corrected chi connectivity index (χ3v) is 10.3. The molecule has 0 atom stereocenters. The van der Waals surface area contributed by atoms with Gasteiger partial charge in [0, 0.05) is 38.2 Å². The second-order valence-electron chi connectivity index (χ2n) is 14.2. The molecule has 10 rings (SSSR count). The summed E-state index contributed by atoms with van der Waals surface area (Å²) >= 11 is 0. The van der Waals surface area contributed by atoms with Gasteiger partial charge in [-0.05, 0) is 71.1 Å². The highest BCUT2D eigenvalue weighted by Gasteiger charge is 2.21. The molecule has 0 radical (unpaired) electrons. The van der Waals surface area contributed by atoms with Gasteiger partial charge >= 0.3 is 0 Å². The minimum Gasteiger partial charge on any atom is -0.456 e. The number of fused-ring (bicyclic) bond motifs is 10. The number of rotatable bonds is 3. The van der Waals surface area contributed by atoms with Gasteiger partial charge in [-0.3, -0.25) is 0 Å². The molecule has 10 aromatic rings. The van der Waals surface area contributed by atoms with E-state index in [9.17, 15) is 0 Å². The zero-order valence-corrected chi connectivity index (χ0v) is 27.7. The van der Waals surface area contributed by atoms with E-state index in [2.05, 4.69) is 175 Å². The van der Waals surface area contributed by atoms with Crippen LogP contribution in [0.4, 0.5) is 0 Å². The van der Waals surface area contributed by atoms with Crippen LogP contribution in [0.5, 0.6) is 0 Å². The van der Waals surface area contributed by atoms with Crippen LogP contribution in [-0.4, -0.2) is 9.13 Å². The Balaban J connectivity index is 1.25. The summed E-state index contributed by atoms with van der Waals surface area (Å²) < 4.78 is 11.3. The van der Waals surface area contributed by atoms with E-state index >= 15 is 0 Å². The molecule has 0 fully saturated rings. The summed E-state index contributed by atoms with van der Waals surface area (Å²) in [7, 11) is 0. The first-order valence-corrected chi connectivity index (χ1v) is 17.0. The summed E-state index contributed by atoms with van der Waals surface area (Å²) in [6, 6.07) is 55.1. The van der Waals surface area contributed by atoms with E-state index in [1.165, 1.54) is 66.0 Å². The van der Waals surface area contributed by atoms with Gasteiger partial charge in [-0.25, -0.2) is 0 Å². The van der Waals surface area contributed by atoms with Crippen molar-refractivity contribution in [3.8, 4) is 22.5 Å². The van der Waals surface area contributed by atoms with Crippen LogP contribution in [0.25, 0.3) is 88.1 Å². The molecule has 0 bridgehead atoms. The van der Waals surface area contributed by atoms with Crippen molar-refractivity contribution in [3.63, 3.8) is 0 Å². The minimum absolute atomic E-state index is 0.107. The van der Waals surface area contributed by atoms with Crippen molar-refractivity contribution in [1.82, 2.24) is 9.13 Å². The normalized spacial score (nSPS) is 12.4. The van der Waals surface area contributed by atoms with Gasteiger partial charge in [0.05, 0.1) is 33.1 Å². The van der Waals surface area contributed by atoms with Crippen LogP contribution in [0.2, 0.25) is 0 Å². The molecule has 7 aromatic carbocycles. The van der Waals surface area contributed by atoms with Crippen molar-refractivity contribution in [1.29, 1.82) is 0 Å². The fourth-order valence-corrected chi connectivity index (χ4v) is 7.96. The standard InChI is InChI=1S/C46H34N2O/c1-46(2,3)30-22-20-29(21-23-30)32-12-4-8-16-38(32)48-40-18-10-6-14-34(40)37-28-31(24-26-41(37)48)47-39-17-9-5-13-33(39)35-25-27-43-44(45(35)47)36-15-7-11-19-42(36)49-43/h4-28H,1-3H3. The number of hydrogen-bond donors (Lipinski definition) is 0. The second-order valence-corrected chi connectivity index (χ2v) is 14.2. The molecule has 0 aliphatic rings. The first-order chi connectivity index (χ1) is 24.0. The van der Waals surface area contributed by atoms with Crippen LogP contribution in [0.3, 0.4) is 0 Å². The van der Waals surface area contributed by atoms with Crippen molar-refractivity contribution >= 4 is 65.6 Å². The van der Waals surface area contributed by atoms with Gasteiger partial charge in [0.15, 0.2) is 0 Å². The third-order valence-electron chi connectivity index (χ3n) is 10.3. The van der Waals surface area contributed by atoms with Gasteiger partial charge in [-0.2, -0.15) is 0 Å². The fourth-order valence-electron chi connectivity index (χ4n) is 7.96. The summed E-state index contributed by atoms with van der Waals surface area (Å²) in [5.41, 5.74) is 12.7. The summed E-state index contributed by atoms with van der Waals surface area (Å²) in [5, 5.41) is 7.20. The second kappa shape index (κ2) is 10.2. The van der Waals surface area contributed by atoms with Crippen LogP contribution in [0, 0.1) is 0 Å². The van der Waals surface area contributed by atoms with Crippen molar-refractivity contribution in [3.05, 3.63) is 157 Å². The average molecular weight is 631 g/mol. The molecule has 3 aromatic heterocycles. The summed E-state index contributed by atoms with van der Waals surface area (Å²) in [4.78, 5) is 0. The highest BCUT2D eigenvalue weighted by molar-refractivity contribution is 6.24. The van der Waals surface area contributed by atoms with E-state index in [4.69, 9.17) is 4.42 Å². The van der Waals surface area contributed by atoms with Crippen LogP contribution in [0.1, 0.15) is 26.3 Å². The van der Waals surface area contributed by atoms with E-state index in [1.54, 1.807) is 0 Å². The highest BCUT2D eigenvalue weighted by Crippen LogP contribution is 2.42. The predicted molar refractivity (Wildman–Crippen MR) is 207 cm³/mol. The lowest BCUT2D eigenvalue weighted by atomic mass is 9.86. The average Bonchev–Trinajstić information content (AvgIpc) is 3.78. The van der Waals surface area contributed by atoms with Gasteiger partial charge in [0.2, 0.25) is 0 Å². The molecule has 3 heterocycles. The van der Waals surface area contributed by atoms with Crippen LogP contribution in [-0.2, 0) is 5.41 Å². The Hall–Kier alpha value is -6.06. The molecule has 0 spiro atoms. The molecule has 0 saturated heterocycles. The summed E-state index contributed by atoms with van der Waals surface area (Å²) in [6.45, 7) is 6.80. The lowest BCUT2D eigenvalue weighted by Gasteiger charge is -2.20. The molecule has 0 saturated carbocycles. The molecule has 3 nitrogen and oxygen atoms in total. The van der Waals surface area contributed by atoms with Gasteiger partial charge < -0.3 is 13.6 Å². The van der Waals surface area contributed by atoms with Crippen molar-refractivity contribution < 1.29 is 4.42 Å². The highest BCUT2D eigenvalue weighted by atomic mass is 16.3. The first-order valence-electron chi connectivity index (χ1n) is 17.0. The van der Waals surface area contributed by atoms with Gasteiger partial charge in [-0.15, -0.1) is 0 Å². The zero-order chi connectivity index (χ0) is 32.9. The smallest absolute Gasteiger partial charge is 0.137 e. The molecular weight excluding hydrogens is 597 g/mol. The number of para-hydroxylation sites is 4. The maximum Gasteiger partial charge on any atom is 0.137 e. The van der Waals surface area contributed by atoms with E-state index in [0.29, 0.717) is 0 Å². The lowest BCUT2D eigenvalue weighted by molar-refractivity contribution is 0.590. The topological polar surface area (TPSA) is 23.0 Å². The van der Waals surface area contributed by atoms with Crippen LogP contribution >= 0.6 is 0 Å². The Labute approximate surface area is 284 Å². The number of hydrogen-bond acceptors (Lipinski definition) is 1. The fraction of sp³-hybridized carbons (Fsp3) is 0.0870. The number of nitrogens with zero attached hydrogens (tertiary/aromatic N) is 2. The van der Waals surface area contributed by atoms with E-state index < -0.39 is 0 Å². The molecule has 234 valence electrons. The van der Waals surface area contributed by atoms with Gasteiger partial charge in [-0.1, -0.05) is 118 Å². The lowest BCUT2D eigenvalue weighted by Crippen LogP contribution is -2.10. The molecule has 0 aliphatic heterocycles. The molecule has 0 amide bonds. The summed E-state index contributed by atoms with van der Waals surface area (Å²) in [5.74, 6) is 0. The summed E-state index contributed by atoms with van der Waals surface area (Å²) in [6.07, 6.45) is 0. The van der Waals surface area contributed by atoms with Crippen molar-refractivity contribution in [2.75, 3.05) is 0 Å². The van der Waals surface area contributed by atoms with Crippen molar-refractivity contribution in [2.24, 2.45) is 0 Å². The maximum absolute atomic E-state index is 6.38.